The Morgan fingerprint density at radius 1 is 1.53 bits per heavy atom. The normalized spacial score (nSPS) is 12.6. The molecule has 2 aromatic rings. The molecule has 0 fully saturated rings. The number of para-hydroxylation sites is 1. The highest BCUT2D eigenvalue weighted by Gasteiger charge is 2.19. The van der Waals surface area contributed by atoms with Gasteiger partial charge >= 0.3 is 0 Å². The number of aliphatic hydroxyl groups excluding tert-OH is 1. The summed E-state index contributed by atoms with van der Waals surface area (Å²) < 4.78 is 8.04. The minimum atomic E-state index is -0.913. The monoisotopic (exact) mass is 341 g/mol. The van der Waals surface area contributed by atoms with Gasteiger partial charge in [-0.25, -0.2) is 0 Å². The van der Waals surface area contributed by atoms with Gasteiger partial charge in [0.25, 0.3) is 0 Å². The topological polar surface area (TPSA) is 34.4 Å². The first kappa shape index (κ1) is 12.4. The highest BCUT2D eigenvalue weighted by molar-refractivity contribution is 14.1. The summed E-state index contributed by atoms with van der Waals surface area (Å²) in [5, 5.41) is 11.0. The Labute approximate surface area is 114 Å². The lowest BCUT2D eigenvalue weighted by atomic mass is 10.2. The zero-order chi connectivity index (χ0) is 12.4. The Hall–Kier alpha value is -1.03. The van der Waals surface area contributed by atoms with Gasteiger partial charge in [-0.1, -0.05) is 24.1 Å². The second kappa shape index (κ2) is 5.08. The van der Waals surface area contributed by atoms with Crippen molar-refractivity contribution >= 4 is 33.5 Å². The number of aliphatic hydroxyl groups is 1. The van der Waals surface area contributed by atoms with Crippen molar-refractivity contribution in [1.82, 2.24) is 4.57 Å². The maximum absolute atomic E-state index is 9.90. The van der Waals surface area contributed by atoms with Crippen molar-refractivity contribution in [1.29, 1.82) is 0 Å². The molecule has 0 radical (unpaired) electrons. The number of halogens is 1. The number of aromatic nitrogens is 1. The highest BCUT2D eigenvalue weighted by Crippen LogP contribution is 2.31. The quantitative estimate of drug-likeness (QED) is 0.688. The van der Waals surface area contributed by atoms with Gasteiger partial charge in [-0.15, -0.1) is 6.42 Å². The Bertz CT molecular complexity index is 583. The molecule has 1 aromatic heterocycles. The van der Waals surface area contributed by atoms with Crippen LogP contribution in [0.25, 0.3) is 10.9 Å². The van der Waals surface area contributed by atoms with Gasteiger partial charge in [0.2, 0.25) is 0 Å². The van der Waals surface area contributed by atoms with Crippen molar-refractivity contribution in [2.75, 3.05) is 7.11 Å². The van der Waals surface area contributed by atoms with Gasteiger partial charge in [0, 0.05) is 16.1 Å². The molecule has 1 heterocycles. The van der Waals surface area contributed by atoms with E-state index in [1.165, 1.54) is 0 Å². The van der Waals surface area contributed by atoms with Crippen molar-refractivity contribution in [2.45, 2.75) is 12.8 Å². The van der Waals surface area contributed by atoms with Crippen molar-refractivity contribution in [3.05, 3.63) is 33.5 Å². The third kappa shape index (κ3) is 2.06. The lowest BCUT2D eigenvalue weighted by molar-refractivity contribution is 0.124. The van der Waals surface area contributed by atoms with E-state index in [1.807, 2.05) is 28.8 Å². The SMILES string of the molecule is C#CC(O)c1c(I)c2ccccc2n1COC. The van der Waals surface area contributed by atoms with E-state index in [9.17, 15) is 5.11 Å². The van der Waals surface area contributed by atoms with Crippen molar-refractivity contribution < 1.29 is 9.84 Å². The predicted molar refractivity (Wildman–Crippen MR) is 75.5 cm³/mol. The number of rotatable bonds is 3. The van der Waals surface area contributed by atoms with Crippen LogP contribution in [0.4, 0.5) is 0 Å². The van der Waals surface area contributed by atoms with Crippen LogP contribution in [0.5, 0.6) is 0 Å². The Morgan fingerprint density at radius 3 is 2.88 bits per heavy atom. The molecule has 88 valence electrons. The molecule has 4 heteroatoms. The Balaban J connectivity index is 2.76. The van der Waals surface area contributed by atoms with Crippen molar-refractivity contribution in [3.63, 3.8) is 0 Å². The average molecular weight is 341 g/mol. The third-order valence-corrected chi connectivity index (χ3v) is 3.76. The molecule has 1 aromatic carbocycles. The standard InChI is InChI=1S/C13H12INO2/c1-3-11(16)13-12(14)9-6-4-5-7-10(9)15(13)8-17-2/h1,4-7,11,16H,8H2,2H3. The number of terminal acetylenes is 1. The zero-order valence-corrected chi connectivity index (χ0v) is 11.5. The van der Waals surface area contributed by atoms with Crippen LogP contribution in [0.3, 0.4) is 0 Å². The highest BCUT2D eigenvalue weighted by atomic mass is 127. The summed E-state index contributed by atoms with van der Waals surface area (Å²) in [7, 11) is 1.62. The molecule has 0 aliphatic rings. The summed E-state index contributed by atoms with van der Waals surface area (Å²) in [6.45, 7) is 0.373. The summed E-state index contributed by atoms with van der Waals surface area (Å²) in [5.74, 6) is 2.36. The van der Waals surface area contributed by atoms with Gasteiger partial charge in [-0.3, -0.25) is 0 Å². The lowest BCUT2D eigenvalue weighted by Gasteiger charge is -2.11. The maximum atomic E-state index is 9.90. The maximum Gasteiger partial charge on any atom is 0.155 e. The molecular formula is C13H12INO2. The van der Waals surface area contributed by atoms with Crippen LogP contribution in [-0.2, 0) is 11.5 Å². The van der Waals surface area contributed by atoms with Crippen LogP contribution < -0.4 is 0 Å². The van der Waals surface area contributed by atoms with Gasteiger partial charge in [-0.2, -0.15) is 0 Å². The van der Waals surface area contributed by atoms with E-state index in [0.29, 0.717) is 6.73 Å². The molecule has 0 bridgehead atoms. The first-order valence-electron chi connectivity index (χ1n) is 5.10. The molecule has 17 heavy (non-hydrogen) atoms. The number of hydrogen-bond donors (Lipinski definition) is 1. The number of hydrogen-bond acceptors (Lipinski definition) is 2. The van der Waals surface area contributed by atoms with Crippen LogP contribution in [0.1, 0.15) is 11.8 Å². The fourth-order valence-corrected chi connectivity index (χ4v) is 2.94. The molecule has 0 saturated carbocycles. The van der Waals surface area contributed by atoms with Crippen LogP contribution >= 0.6 is 22.6 Å². The van der Waals surface area contributed by atoms with Crippen LogP contribution in [0, 0.1) is 15.9 Å². The molecule has 0 amide bonds. The Kier molecular flexibility index (Phi) is 3.72. The molecular weight excluding hydrogens is 329 g/mol. The van der Waals surface area contributed by atoms with E-state index in [-0.39, 0.29) is 0 Å². The molecule has 3 nitrogen and oxygen atoms in total. The van der Waals surface area contributed by atoms with Crippen molar-refractivity contribution in [3.8, 4) is 12.3 Å². The zero-order valence-electron chi connectivity index (χ0n) is 9.35. The molecule has 2 rings (SSSR count). The van der Waals surface area contributed by atoms with E-state index in [2.05, 4.69) is 28.5 Å². The molecule has 1 unspecified atom stereocenters. The van der Waals surface area contributed by atoms with Gasteiger partial charge in [0.1, 0.15) is 6.73 Å². The number of ether oxygens (including phenoxy) is 1. The minimum Gasteiger partial charge on any atom is -0.374 e. The smallest absolute Gasteiger partial charge is 0.155 e. The minimum absolute atomic E-state index is 0.373. The number of fused-ring (bicyclic) bond motifs is 1. The molecule has 0 saturated heterocycles. The first-order valence-corrected chi connectivity index (χ1v) is 6.18. The molecule has 1 N–H and O–H groups in total. The van der Waals surface area contributed by atoms with Gasteiger partial charge in [0.15, 0.2) is 6.10 Å². The van der Waals surface area contributed by atoms with Gasteiger partial charge < -0.3 is 14.4 Å². The van der Waals surface area contributed by atoms with E-state index >= 15 is 0 Å². The summed E-state index contributed by atoms with van der Waals surface area (Å²) in [5.41, 5.74) is 1.74. The summed E-state index contributed by atoms with van der Waals surface area (Å²) in [4.78, 5) is 0. The second-order valence-corrected chi connectivity index (χ2v) is 4.71. The number of nitrogens with zero attached hydrogens (tertiary/aromatic N) is 1. The fourth-order valence-electron chi connectivity index (χ4n) is 1.90. The van der Waals surface area contributed by atoms with Crippen LogP contribution in [-0.4, -0.2) is 16.8 Å². The first-order chi connectivity index (χ1) is 8.20. The second-order valence-electron chi connectivity index (χ2n) is 3.63. The molecule has 0 aliphatic carbocycles. The van der Waals surface area contributed by atoms with Crippen LogP contribution in [0.15, 0.2) is 24.3 Å². The summed E-state index contributed by atoms with van der Waals surface area (Å²) in [6.07, 6.45) is 4.39. The Morgan fingerprint density at radius 2 is 2.24 bits per heavy atom. The number of benzene rings is 1. The van der Waals surface area contributed by atoms with E-state index in [1.54, 1.807) is 7.11 Å². The van der Waals surface area contributed by atoms with Crippen LogP contribution in [0.2, 0.25) is 0 Å². The molecule has 0 spiro atoms. The van der Waals surface area contributed by atoms with E-state index in [0.717, 1.165) is 20.2 Å². The summed E-state index contributed by atoms with van der Waals surface area (Å²) >= 11 is 2.21. The fraction of sp³-hybridized carbons (Fsp3) is 0.231. The van der Waals surface area contributed by atoms with Crippen molar-refractivity contribution in [2.24, 2.45) is 0 Å². The average Bonchev–Trinajstić information content (AvgIpc) is 2.63. The number of methoxy groups -OCH3 is 1. The molecule has 1 atom stereocenters. The van der Waals surface area contributed by atoms with Gasteiger partial charge in [-0.05, 0) is 28.7 Å². The summed E-state index contributed by atoms with van der Waals surface area (Å²) in [6, 6.07) is 7.92. The lowest BCUT2D eigenvalue weighted by Crippen LogP contribution is -2.08. The predicted octanol–water partition coefficient (Wildman–Crippen LogP) is 2.52. The third-order valence-electron chi connectivity index (χ3n) is 2.62. The van der Waals surface area contributed by atoms with E-state index < -0.39 is 6.10 Å². The van der Waals surface area contributed by atoms with E-state index in [4.69, 9.17) is 11.2 Å². The largest absolute Gasteiger partial charge is 0.374 e. The van der Waals surface area contributed by atoms with Gasteiger partial charge in [0.05, 0.1) is 11.2 Å². The molecule has 0 aliphatic heterocycles.